The highest BCUT2D eigenvalue weighted by atomic mass is 79.9. The van der Waals surface area contributed by atoms with E-state index in [2.05, 4.69) is 20.8 Å². The van der Waals surface area contributed by atoms with E-state index < -0.39 is 11.9 Å². The molecule has 1 atom stereocenters. The van der Waals surface area contributed by atoms with Crippen LogP contribution in [0.2, 0.25) is 5.02 Å². The molecule has 2 aromatic rings. The fourth-order valence-electron chi connectivity index (χ4n) is 3.04. The van der Waals surface area contributed by atoms with E-state index in [4.69, 9.17) is 16.3 Å². The molecule has 1 heterocycles. The third-order valence-corrected chi connectivity index (χ3v) is 5.31. The van der Waals surface area contributed by atoms with E-state index in [0.717, 1.165) is 10.5 Å². The van der Waals surface area contributed by atoms with Crippen LogP contribution in [0.1, 0.15) is 10.4 Å². The van der Waals surface area contributed by atoms with Crippen LogP contribution < -0.4 is 4.74 Å². The molecule has 1 amide bonds. The van der Waals surface area contributed by atoms with Gasteiger partial charge < -0.3 is 14.7 Å². The van der Waals surface area contributed by atoms with Gasteiger partial charge in [0.1, 0.15) is 24.3 Å². The van der Waals surface area contributed by atoms with Gasteiger partial charge in [0.15, 0.2) is 0 Å². The van der Waals surface area contributed by atoms with Gasteiger partial charge in [-0.2, -0.15) is 0 Å². The molecule has 0 radical (unpaired) electrons. The average Bonchev–Trinajstić information content (AvgIpc) is 2.68. The fraction of sp³-hybridized carbons (Fsp3) is 0.350. The number of nitrogens with zero attached hydrogens (tertiary/aromatic N) is 2. The number of aliphatic hydroxyl groups is 1. The number of aliphatic hydroxyl groups excluding tert-OH is 1. The number of ether oxygens (including phenoxy) is 1. The van der Waals surface area contributed by atoms with E-state index >= 15 is 0 Å². The third kappa shape index (κ3) is 5.67. The summed E-state index contributed by atoms with van der Waals surface area (Å²) in [6.07, 6.45) is -0.639. The zero-order valence-electron chi connectivity index (χ0n) is 15.2. The molecule has 1 aliphatic rings. The summed E-state index contributed by atoms with van der Waals surface area (Å²) in [6.45, 7) is 2.81. The lowest BCUT2D eigenvalue weighted by Gasteiger charge is -2.35. The predicted octanol–water partition coefficient (Wildman–Crippen LogP) is 3.44. The van der Waals surface area contributed by atoms with Crippen molar-refractivity contribution in [3.8, 4) is 5.75 Å². The van der Waals surface area contributed by atoms with Crippen molar-refractivity contribution in [3.05, 3.63) is 63.3 Å². The summed E-state index contributed by atoms with van der Waals surface area (Å²) in [6, 6.07) is 11.5. The Morgan fingerprint density at radius 2 is 1.86 bits per heavy atom. The summed E-state index contributed by atoms with van der Waals surface area (Å²) in [4.78, 5) is 16.2. The standard InChI is InChI=1S/C20H21BrClFN2O3/c21-14-1-4-17(5-2-14)28-13-16(26)12-24-7-9-25(10-8-24)20(27)18-6-3-15(22)11-19(18)23/h1-6,11,16,26H,7-10,12-13H2. The first-order valence-corrected chi connectivity index (χ1v) is 10.1. The molecular weight excluding hydrogens is 451 g/mol. The lowest BCUT2D eigenvalue weighted by atomic mass is 10.1. The normalized spacial score (nSPS) is 16.1. The van der Waals surface area contributed by atoms with Crippen LogP contribution in [0.3, 0.4) is 0 Å². The number of β-amino-alcohol motifs (C(OH)–C–C–N with tert-alkyl or cyclic N) is 1. The minimum absolute atomic E-state index is 0.0285. The van der Waals surface area contributed by atoms with E-state index in [1.807, 2.05) is 24.3 Å². The van der Waals surface area contributed by atoms with Gasteiger partial charge in [-0.25, -0.2) is 4.39 Å². The van der Waals surface area contributed by atoms with Crippen LogP contribution in [0.5, 0.6) is 5.75 Å². The maximum atomic E-state index is 14.0. The second kappa shape index (κ2) is 9.69. The van der Waals surface area contributed by atoms with Crippen molar-refractivity contribution in [2.45, 2.75) is 6.10 Å². The summed E-state index contributed by atoms with van der Waals surface area (Å²) in [5.41, 5.74) is 0.0285. The second-order valence-corrected chi connectivity index (χ2v) is 7.99. The maximum absolute atomic E-state index is 14.0. The summed E-state index contributed by atoms with van der Waals surface area (Å²) < 4.78 is 20.5. The smallest absolute Gasteiger partial charge is 0.256 e. The minimum atomic E-state index is -0.639. The summed E-state index contributed by atoms with van der Waals surface area (Å²) >= 11 is 9.10. The molecule has 0 aliphatic carbocycles. The lowest BCUT2D eigenvalue weighted by Crippen LogP contribution is -2.51. The quantitative estimate of drug-likeness (QED) is 0.701. The molecule has 1 fully saturated rings. The number of hydrogen-bond acceptors (Lipinski definition) is 4. The monoisotopic (exact) mass is 470 g/mol. The minimum Gasteiger partial charge on any atom is -0.491 e. The average molecular weight is 472 g/mol. The number of hydrogen-bond donors (Lipinski definition) is 1. The summed E-state index contributed by atoms with van der Waals surface area (Å²) in [7, 11) is 0. The Balaban J connectivity index is 1.44. The number of benzene rings is 2. The SMILES string of the molecule is O=C(c1ccc(Cl)cc1F)N1CCN(CC(O)COc2ccc(Br)cc2)CC1. The van der Waals surface area contributed by atoms with Crippen molar-refractivity contribution in [3.63, 3.8) is 0 Å². The Morgan fingerprint density at radius 3 is 2.50 bits per heavy atom. The van der Waals surface area contributed by atoms with E-state index in [-0.39, 0.29) is 23.1 Å². The van der Waals surface area contributed by atoms with E-state index in [9.17, 15) is 14.3 Å². The Morgan fingerprint density at radius 1 is 1.18 bits per heavy atom. The Labute approximate surface area is 176 Å². The van der Waals surface area contributed by atoms with Crippen LogP contribution in [-0.4, -0.2) is 66.2 Å². The van der Waals surface area contributed by atoms with Gasteiger partial charge in [-0.15, -0.1) is 0 Å². The van der Waals surface area contributed by atoms with Gasteiger partial charge in [-0.1, -0.05) is 27.5 Å². The Hall–Kier alpha value is -1.67. The zero-order chi connectivity index (χ0) is 20.1. The topological polar surface area (TPSA) is 53.0 Å². The molecule has 0 bridgehead atoms. The predicted molar refractivity (Wildman–Crippen MR) is 109 cm³/mol. The molecule has 8 heteroatoms. The number of piperazine rings is 1. The third-order valence-electron chi connectivity index (χ3n) is 4.55. The van der Waals surface area contributed by atoms with Gasteiger partial charge in [-0.05, 0) is 42.5 Å². The van der Waals surface area contributed by atoms with Crippen molar-refractivity contribution in [2.24, 2.45) is 0 Å². The first-order valence-electron chi connectivity index (χ1n) is 8.95. The first-order chi connectivity index (χ1) is 13.4. The molecule has 0 saturated carbocycles. The molecule has 0 aromatic heterocycles. The molecule has 1 saturated heterocycles. The molecule has 1 aliphatic heterocycles. The van der Waals surface area contributed by atoms with Gasteiger partial charge >= 0.3 is 0 Å². The van der Waals surface area contributed by atoms with Crippen molar-refractivity contribution in [1.82, 2.24) is 9.80 Å². The first kappa shape index (κ1) is 21.0. The summed E-state index contributed by atoms with van der Waals surface area (Å²) in [5, 5.41) is 10.5. The molecule has 2 aromatic carbocycles. The van der Waals surface area contributed by atoms with Crippen LogP contribution in [0.15, 0.2) is 46.9 Å². The van der Waals surface area contributed by atoms with E-state index in [1.54, 1.807) is 4.90 Å². The van der Waals surface area contributed by atoms with Gasteiger partial charge in [0.25, 0.3) is 5.91 Å². The van der Waals surface area contributed by atoms with Crippen LogP contribution in [0.25, 0.3) is 0 Å². The number of carbonyl (C=O) groups excluding carboxylic acids is 1. The number of rotatable bonds is 6. The highest BCUT2D eigenvalue weighted by Crippen LogP contribution is 2.18. The highest BCUT2D eigenvalue weighted by Gasteiger charge is 2.25. The summed E-state index contributed by atoms with van der Waals surface area (Å²) in [5.74, 6) is -0.254. The van der Waals surface area contributed by atoms with Crippen LogP contribution in [0.4, 0.5) is 4.39 Å². The van der Waals surface area contributed by atoms with E-state index in [1.165, 1.54) is 12.1 Å². The molecule has 1 N–H and O–H groups in total. The van der Waals surface area contributed by atoms with Crippen molar-refractivity contribution in [2.75, 3.05) is 39.3 Å². The van der Waals surface area contributed by atoms with E-state index in [0.29, 0.717) is 38.5 Å². The molecular formula is C20H21BrClFN2O3. The molecule has 3 rings (SSSR count). The van der Waals surface area contributed by atoms with Gasteiger partial charge in [0.2, 0.25) is 0 Å². The number of amides is 1. The Kier molecular flexibility index (Phi) is 7.29. The van der Waals surface area contributed by atoms with Gasteiger partial charge in [0.05, 0.1) is 5.56 Å². The van der Waals surface area contributed by atoms with Crippen LogP contribution in [-0.2, 0) is 0 Å². The van der Waals surface area contributed by atoms with Crippen molar-refractivity contribution in [1.29, 1.82) is 0 Å². The largest absolute Gasteiger partial charge is 0.491 e. The second-order valence-electron chi connectivity index (χ2n) is 6.64. The fourth-order valence-corrected chi connectivity index (χ4v) is 3.46. The maximum Gasteiger partial charge on any atom is 0.256 e. The Bertz CT molecular complexity index is 814. The van der Waals surface area contributed by atoms with Crippen LogP contribution in [0, 0.1) is 5.82 Å². The lowest BCUT2D eigenvalue weighted by molar-refractivity contribution is 0.0401. The molecule has 0 spiro atoms. The molecule has 5 nitrogen and oxygen atoms in total. The highest BCUT2D eigenvalue weighted by molar-refractivity contribution is 9.10. The number of halogens is 3. The van der Waals surface area contributed by atoms with Crippen molar-refractivity contribution >= 4 is 33.4 Å². The number of carbonyl (C=O) groups is 1. The molecule has 1 unspecified atom stereocenters. The van der Waals surface area contributed by atoms with Crippen LogP contribution >= 0.6 is 27.5 Å². The van der Waals surface area contributed by atoms with Crippen molar-refractivity contribution < 1.29 is 19.0 Å². The zero-order valence-corrected chi connectivity index (χ0v) is 17.5. The van der Waals surface area contributed by atoms with Gasteiger partial charge in [0, 0.05) is 42.2 Å². The van der Waals surface area contributed by atoms with Gasteiger partial charge in [-0.3, -0.25) is 9.69 Å². The molecule has 28 heavy (non-hydrogen) atoms. The molecule has 150 valence electrons.